The summed E-state index contributed by atoms with van der Waals surface area (Å²) < 4.78 is 5.84. The predicted octanol–water partition coefficient (Wildman–Crippen LogP) is 4.16. The summed E-state index contributed by atoms with van der Waals surface area (Å²) in [6.07, 6.45) is 7.47. The quantitative estimate of drug-likeness (QED) is 0.718. The van der Waals surface area contributed by atoms with E-state index in [2.05, 4.69) is 57.2 Å². The zero-order valence-electron chi connectivity index (χ0n) is 10.2. The van der Waals surface area contributed by atoms with Gasteiger partial charge in [-0.3, -0.25) is 0 Å². The van der Waals surface area contributed by atoms with Crippen molar-refractivity contribution in [2.45, 2.75) is 27.2 Å². The highest BCUT2D eigenvalue weighted by Crippen LogP contribution is 2.22. The van der Waals surface area contributed by atoms with E-state index in [1.807, 2.05) is 0 Å². The fourth-order valence-electron chi connectivity index (χ4n) is 1.91. The normalized spacial score (nSPS) is 19.4. The van der Waals surface area contributed by atoms with Crippen LogP contribution in [-0.2, 0) is 0 Å². The highest BCUT2D eigenvalue weighted by Gasteiger charge is 2.05. The van der Waals surface area contributed by atoms with E-state index < -0.39 is 0 Å². The molecule has 0 radical (unpaired) electrons. The van der Waals surface area contributed by atoms with E-state index in [1.54, 1.807) is 0 Å². The van der Waals surface area contributed by atoms with Crippen molar-refractivity contribution in [1.82, 2.24) is 0 Å². The fraction of sp³-hybridized carbons (Fsp3) is 0.333. The molecule has 0 saturated heterocycles. The fourth-order valence-corrected chi connectivity index (χ4v) is 1.91. The molecular weight excluding hydrogens is 196 g/mol. The molecule has 1 aliphatic carbocycles. The minimum absolute atomic E-state index is 0.631. The topological polar surface area (TPSA) is 9.23 Å². The minimum atomic E-state index is 0.631. The minimum Gasteiger partial charge on any atom is -0.458 e. The maximum atomic E-state index is 5.84. The van der Waals surface area contributed by atoms with Gasteiger partial charge in [0.15, 0.2) is 0 Å². The third kappa shape index (κ3) is 2.75. The van der Waals surface area contributed by atoms with E-state index in [0.717, 1.165) is 17.9 Å². The Balaban J connectivity index is 2.13. The Kier molecular flexibility index (Phi) is 3.14. The maximum Gasteiger partial charge on any atom is 0.127 e. The standard InChI is InChI=1S/C15H18O/c1-11-4-6-14(7-5-11)16-15-9-12(2)8-13(3)10-15/h4,6-11H,5H2,1-3H3. The molecule has 1 heteroatoms. The molecule has 0 bridgehead atoms. The van der Waals surface area contributed by atoms with E-state index in [-0.39, 0.29) is 0 Å². The number of ether oxygens (including phenoxy) is 1. The molecule has 0 aliphatic heterocycles. The van der Waals surface area contributed by atoms with Crippen LogP contribution in [0, 0.1) is 19.8 Å². The number of hydrogen-bond donors (Lipinski definition) is 0. The molecule has 0 heterocycles. The number of rotatable bonds is 2. The van der Waals surface area contributed by atoms with Crippen molar-refractivity contribution in [2.75, 3.05) is 0 Å². The third-order valence-electron chi connectivity index (χ3n) is 2.71. The summed E-state index contributed by atoms with van der Waals surface area (Å²) >= 11 is 0. The molecule has 1 aromatic carbocycles. The summed E-state index contributed by atoms with van der Waals surface area (Å²) in [6.45, 7) is 6.39. The Labute approximate surface area is 97.4 Å². The third-order valence-corrected chi connectivity index (χ3v) is 2.71. The second-order valence-electron chi connectivity index (χ2n) is 4.60. The van der Waals surface area contributed by atoms with Crippen molar-refractivity contribution in [1.29, 1.82) is 0 Å². The molecule has 1 atom stereocenters. The van der Waals surface area contributed by atoms with Gasteiger partial charge in [0.05, 0.1) is 0 Å². The average molecular weight is 214 g/mol. The van der Waals surface area contributed by atoms with Crippen LogP contribution in [-0.4, -0.2) is 0 Å². The van der Waals surface area contributed by atoms with Gasteiger partial charge in [-0.25, -0.2) is 0 Å². The van der Waals surface area contributed by atoms with Gasteiger partial charge in [0, 0.05) is 0 Å². The summed E-state index contributed by atoms with van der Waals surface area (Å²) in [6, 6.07) is 6.29. The molecule has 1 nitrogen and oxygen atoms in total. The van der Waals surface area contributed by atoms with E-state index >= 15 is 0 Å². The second kappa shape index (κ2) is 4.56. The maximum absolute atomic E-state index is 5.84. The molecule has 84 valence electrons. The van der Waals surface area contributed by atoms with Crippen LogP contribution in [0.2, 0.25) is 0 Å². The Morgan fingerprint density at radius 2 is 1.81 bits per heavy atom. The molecule has 0 N–H and O–H groups in total. The summed E-state index contributed by atoms with van der Waals surface area (Å²) in [5.41, 5.74) is 2.48. The summed E-state index contributed by atoms with van der Waals surface area (Å²) in [4.78, 5) is 0. The van der Waals surface area contributed by atoms with Crippen molar-refractivity contribution in [3.63, 3.8) is 0 Å². The first kappa shape index (κ1) is 11.0. The van der Waals surface area contributed by atoms with Gasteiger partial charge in [0.1, 0.15) is 11.5 Å². The van der Waals surface area contributed by atoms with Crippen molar-refractivity contribution in [3.8, 4) is 5.75 Å². The van der Waals surface area contributed by atoms with Crippen molar-refractivity contribution < 1.29 is 4.74 Å². The highest BCUT2D eigenvalue weighted by atomic mass is 16.5. The van der Waals surface area contributed by atoms with Gasteiger partial charge in [0.2, 0.25) is 0 Å². The smallest absolute Gasteiger partial charge is 0.127 e. The van der Waals surface area contributed by atoms with E-state index in [9.17, 15) is 0 Å². The van der Waals surface area contributed by atoms with Crippen LogP contribution < -0.4 is 4.74 Å². The van der Waals surface area contributed by atoms with Crippen LogP contribution in [0.4, 0.5) is 0 Å². The molecule has 0 aromatic heterocycles. The molecule has 1 aromatic rings. The number of benzene rings is 1. The zero-order valence-corrected chi connectivity index (χ0v) is 10.2. The molecule has 0 amide bonds. The average Bonchev–Trinajstić information content (AvgIpc) is 2.20. The molecule has 0 fully saturated rings. The van der Waals surface area contributed by atoms with Gasteiger partial charge in [-0.05, 0) is 61.6 Å². The van der Waals surface area contributed by atoms with Crippen molar-refractivity contribution in [3.05, 3.63) is 53.3 Å². The lowest BCUT2D eigenvalue weighted by Gasteiger charge is -2.13. The molecule has 1 unspecified atom stereocenters. The van der Waals surface area contributed by atoms with E-state index in [1.165, 1.54) is 11.1 Å². The summed E-state index contributed by atoms with van der Waals surface area (Å²) in [5.74, 6) is 2.53. The van der Waals surface area contributed by atoms with Gasteiger partial charge in [-0.1, -0.05) is 19.1 Å². The van der Waals surface area contributed by atoms with Crippen LogP contribution in [0.15, 0.2) is 42.2 Å². The Bertz CT molecular complexity index is 420. The van der Waals surface area contributed by atoms with Crippen LogP contribution in [0.3, 0.4) is 0 Å². The van der Waals surface area contributed by atoms with E-state index in [4.69, 9.17) is 4.74 Å². The number of allylic oxidation sites excluding steroid dienone is 3. The molecular formula is C15H18O. The first-order chi connectivity index (χ1) is 7.63. The van der Waals surface area contributed by atoms with Gasteiger partial charge >= 0.3 is 0 Å². The Morgan fingerprint density at radius 3 is 2.38 bits per heavy atom. The van der Waals surface area contributed by atoms with Crippen molar-refractivity contribution >= 4 is 0 Å². The molecule has 2 rings (SSSR count). The predicted molar refractivity (Wildman–Crippen MR) is 67.5 cm³/mol. The first-order valence-corrected chi connectivity index (χ1v) is 5.78. The lowest BCUT2D eigenvalue weighted by atomic mass is 10.0. The van der Waals surface area contributed by atoms with Gasteiger partial charge < -0.3 is 4.74 Å². The Morgan fingerprint density at radius 1 is 1.12 bits per heavy atom. The zero-order chi connectivity index (χ0) is 11.5. The van der Waals surface area contributed by atoms with Crippen molar-refractivity contribution in [2.24, 2.45) is 5.92 Å². The molecule has 16 heavy (non-hydrogen) atoms. The van der Waals surface area contributed by atoms with Crippen LogP contribution >= 0.6 is 0 Å². The van der Waals surface area contributed by atoms with Gasteiger partial charge in [-0.2, -0.15) is 0 Å². The Hall–Kier alpha value is -1.50. The lowest BCUT2D eigenvalue weighted by molar-refractivity contribution is 0.434. The summed E-state index contributed by atoms with van der Waals surface area (Å²) in [7, 11) is 0. The van der Waals surface area contributed by atoms with Gasteiger partial charge in [-0.15, -0.1) is 0 Å². The first-order valence-electron chi connectivity index (χ1n) is 5.78. The largest absolute Gasteiger partial charge is 0.458 e. The van der Waals surface area contributed by atoms with E-state index in [0.29, 0.717) is 5.92 Å². The van der Waals surface area contributed by atoms with Crippen LogP contribution in [0.5, 0.6) is 5.75 Å². The monoisotopic (exact) mass is 214 g/mol. The number of hydrogen-bond acceptors (Lipinski definition) is 1. The van der Waals surface area contributed by atoms with Crippen LogP contribution in [0.1, 0.15) is 24.5 Å². The molecule has 1 aliphatic rings. The molecule has 0 spiro atoms. The molecule has 0 saturated carbocycles. The van der Waals surface area contributed by atoms with Crippen LogP contribution in [0.25, 0.3) is 0 Å². The highest BCUT2D eigenvalue weighted by molar-refractivity contribution is 5.35. The SMILES string of the molecule is Cc1cc(C)cc(OC2=CCC(C)C=C2)c1. The summed E-state index contributed by atoms with van der Waals surface area (Å²) in [5, 5.41) is 0. The van der Waals surface area contributed by atoms with Gasteiger partial charge in [0.25, 0.3) is 0 Å². The number of aryl methyl sites for hydroxylation is 2. The lowest BCUT2D eigenvalue weighted by Crippen LogP contribution is -2.00. The second-order valence-corrected chi connectivity index (χ2v) is 4.60.